The summed E-state index contributed by atoms with van der Waals surface area (Å²) in [6, 6.07) is 13.1. The lowest BCUT2D eigenvalue weighted by molar-refractivity contribution is 0.243. The largest absolute Gasteiger partial charge is 0.294 e. The molecule has 0 amide bonds. The molecule has 22 heavy (non-hydrogen) atoms. The van der Waals surface area contributed by atoms with Crippen LogP contribution in [0.5, 0.6) is 0 Å². The number of halogens is 1. The predicted molar refractivity (Wildman–Crippen MR) is 94.9 cm³/mol. The number of benzene rings is 1. The van der Waals surface area contributed by atoms with Gasteiger partial charge < -0.3 is 0 Å². The number of fused-ring (bicyclic) bond motifs is 1. The van der Waals surface area contributed by atoms with Crippen LogP contribution >= 0.6 is 15.9 Å². The van der Waals surface area contributed by atoms with Gasteiger partial charge in [-0.15, -0.1) is 0 Å². The van der Waals surface area contributed by atoms with E-state index in [9.17, 15) is 0 Å². The molecule has 3 heteroatoms. The standard InChI is InChI=1S/C19H23BrN2/c1-19(2,3)18-16(8-9-17(20)21-18)13-22-11-10-14-6-4-5-7-15(14)12-22/h4-9H,10-13H2,1-3H3. The van der Waals surface area contributed by atoms with Crippen molar-refractivity contribution in [2.45, 2.75) is 45.7 Å². The van der Waals surface area contributed by atoms with Gasteiger partial charge in [0, 0.05) is 25.0 Å². The van der Waals surface area contributed by atoms with Gasteiger partial charge in [-0.05, 0) is 45.1 Å². The molecule has 3 rings (SSSR count). The van der Waals surface area contributed by atoms with Gasteiger partial charge in [-0.1, -0.05) is 51.1 Å². The van der Waals surface area contributed by atoms with E-state index in [1.54, 1.807) is 0 Å². The zero-order chi connectivity index (χ0) is 15.7. The second-order valence-corrected chi connectivity index (χ2v) is 7.93. The van der Waals surface area contributed by atoms with E-state index in [1.807, 2.05) is 0 Å². The number of nitrogens with zero attached hydrogens (tertiary/aromatic N) is 2. The van der Waals surface area contributed by atoms with Gasteiger partial charge in [0.05, 0.1) is 5.69 Å². The molecular formula is C19H23BrN2. The molecule has 1 aliphatic rings. The maximum atomic E-state index is 4.74. The minimum absolute atomic E-state index is 0.0623. The zero-order valence-electron chi connectivity index (χ0n) is 13.6. The van der Waals surface area contributed by atoms with E-state index >= 15 is 0 Å². The molecule has 0 atom stereocenters. The highest BCUT2D eigenvalue weighted by Gasteiger charge is 2.23. The summed E-state index contributed by atoms with van der Waals surface area (Å²) in [7, 11) is 0. The molecule has 1 aliphatic heterocycles. The Morgan fingerprint density at radius 1 is 1.09 bits per heavy atom. The molecule has 0 bridgehead atoms. The fraction of sp³-hybridized carbons (Fsp3) is 0.421. The molecule has 2 nitrogen and oxygen atoms in total. The van der Waals surface area contributed by atoms with E-state index in [1.165, 1.54) is 22.4 Å². The molecule has 0 unspecified atom stereocenters. The Kier molecular flexibility index (Phi) is 4.37. The average molecular weight is 359 g/mol. The van der Waals surface area contributed by atoms with Crippen LogP contribution in [0.15, 0.2) is 41.0 Å². The first-order valence-corrected chi connectivity index (χ1v) is 8.68. The van der Waals surface area contributed by atoms with Crippen LogP contribution in [0.2, 0.25) is 0 Å². The van der Waals surface area contributed by atoms with E-state index < -0.39 is 0 Å². The summed E-state index contributed by atoms with van der Waals surface area (Å²) in [4.78, 5) is 7.27. The van der Waals surface area contributed by atoms with Crippen LogP contribution in [0.1, 0.15) is 43.2 Å². The Balaban J connectivity index is 1.83. The third kappa shape index (κ3) is 3.41. The van der Waals surface area contributed by atoms with Crippen molar-refractivity contribution in [2.75, 3.05) is 6.54 Å². The summed E-state index contributed by atoms with van der Waals surface area (Å²) in [5.41, 5.74) is 5.57. The molecule has 0 aliphatic carbocycles. The third-order valence-corrected chi connectivity index (χ3v) is 4.70. The second kappa shape index (κ2) is 6.13. The van der Waals surface area contributed by atoms with Crippen molar-refractivity contribution in [3.05, 3.63) is 63.4 Å². The number of aromatic nitrogens is 1. The maximum Gasteiger partial charge on any atom is 0.106 e. The van der Waals surface area contributed by atoms with E-state index in [-0.39, 0.29) is 5.41 Å². The fourth-order valence-corrected chi connectivity index (χ4v) is 3.48. The highest BCUT2D eigenvalue weighted by Crippen LogP contribution is 2.28. The molecule has 2 heterocycles. The molecule has 0 spiro atoms. The van der Waals surface area contributed by atoms with Gasteiger partial charge in [0.1, 0.15) is 4.60 Å². The van der Waals surface area contributed by atoms with Gasteiger partial charge in [-0.3, -0.25) is 4.90 Å². The minimum Gasteiger partial charge on any atom is -0.294 e. The summed E-state index contributed by atoms with van der Waals surface area (Å²) in [5, 5.41) is 0. The van der Waals surface area contributed by atoms with Gasteiger partial charge in [0.2, 0.25) is 0 Å². The molecule has 0 saturated carbocycles. The highest BCUT2D eigenvalue weighted by molar-refractivity contribution is 9.10. The van der Waals surface area contributed by atoms with E-state index in [0.717, 1.165) is 30.7 Å². The van der Waals surface area contributed by atoms with Crippen molar-refractivity contribution in [3.8, 4) is 0 Å². The lowest BCUT2D eigenvalue weighted by atomic mass is 9.88. The Bertz CT molecular complexity index is 673. The predicted octanol–water partition coefficient (Wildman–Crippen LogP) is 4.70. The van der Waals surface area contributed by atoms with Gasteiger partial charge in [0.15, 0.2) is 0 Å². The number of rotatable bonds is 2. The smallest absolute Gasteiger partial charge is 0.106 e. The van der Waals surface area contributed by atoms with Gasteiger partial charge in [-0.25, -0.2) is 4.98 Å². The zero-order valence-corrected chi connectivity index (χ0v) is 15.2. The summed E-state index contributed by atoms with van der Waals surface area (Å²) in [5.74, 6) is 0. The normalized spacial score (nSPS) is 15.6. The molecule has 1 aromatic heterocycles. The quantitative estimate of drug-likeness (QED) is 0.723. The van der Waals surface area contributed by atoms with Gasteiger partial charge >= 0.3 is 0 Å². The number of hydrogen-bond donors (Lipinski definition) is 0. The lowest BCUT2D eigenvalue weighted by Gasteiger charge is -2.30. The fourth-order valence-electron chi connectivity index (χ4n) is 3.17. The van der Waals surface area contributed by atoms with E-state index in [2.05, 4.69) is 78.0 Å². The van der Waals surface area contributed by atoms with Crippen molar-refractivity contribution >= 4 is 15.9 Å². The summed E-state index contributed by atoms with van der Waals surface area (Å²) >= 11 is 3.51. The van der Waals surface area contributed by atoms with Crippen LogP contribution < -0.4 is 0 Å². The van der Waals surface area contributed by atoms with Crippen LogP contribution in [0.4, 0.5) is 0 Å². The van der Waals surface area contributed by atoms with Crippen LogP contribution in [0.25, 0.3) is 0 Å². The monoisotopic (exact) mass is 358 g/mol. The van der Waals surface area contributed by atoms with E-state index in [4.69, 9.17) is 4.98 Å². The molecular weight excluding hydrogens is 336 g/mol. The lowest BCUT2D eigenvalue weighted by Crippen LogP contribution is -2.31. The van der Waals surface area contributed by atoms with Gasteiger partial charge in [-0.2, -0.15) is 0 Å². The first-order chi connectivity index (χ1) is 10.4. The molecule has 0 saturated heterocycles. The van der Waals surface area contributed by atoms with Crippen LogP contribution in [0, 0.1) is 0 Å². The summed E-state index contributed by atoms with van der Waals surface area (Å²) in [6.07, 6.45) is 1.14. The number of hydrogen-bond acceptors (Lipinski definition) is 2. The Morgan fingerprint density at radius 3 is 2.55 bits per heavy atom. The molecule has 0 N–H and O–H groups in total. The first kappa shape index (κ1) is 15.7. The summed E-state index contributed by atoms with van der Waals surface area (Å²) in [6.45, 7) is 9.83. The third-order valence-electron chi connectivity index (χ3n) is 4.26. The SMILES string of the molecule is CC(C)(C)c1nc(Br)ccc1CN1CCc2ccccc2C1. The van der Waals surface area contributed by atoms with Crippen molar-refractivity contribution < 1.29 is 0 Å². The van der Waals surface area contributed by atoms with Crippen LogP contribution in [0.3, 0.4) is 0 Å². The molecule has 0 fully saturated rings. The average Bonchev–Trinajstić information content (AvgIpc) is 2.48. The van der Waals surface area contributed by atoms with Crippen LogP contribution in [-0.2, 0) is 24.9 Å². The van der Waals surface area contributed by atoms with Crippen LogP contribution in [-0.4, -0.2) is 16.4 Å². The molecule has 0 radical (unpaired) electrons. The highest BCUT2D eigenvalue weighted by atomic mass is 79.9. The minimum atomic E-state index is 0.0623. The van der Waals surface area contributed by atoms with Gasteiger partial charge in [0.25, 0.3) is 0 Å². The second-order valence-electron chi connectivity index (χ2n) is 7.12. The molecule has 2 aromatic rings. The molecule has 116 valence electrons. The first-order valence-electron chi connectivity index (χ1n) is 7.88. The maximum absolute atomic E-state index is 4.74. The van der Waals surface area contributed by atoms with Crippen molar-refractivity contribution in [2.24, 2.45) is 0 Å². The van der Waals surface area contributed by atoms with Crippen molar-refractivity contribution in [1.82, 2.24) is 9.88 Å². The van der Waals surface area contributed by atoms with Crippen molar-refractivity contribution in [3.63, 3.8) is 0 Å². The Labute approximate surface area is 141 Å². The number of pyridine rings is 1. The van der Waals surface area contributed by atoms with Crippen molar-refractivity contribution in [1.29, 1.82) is 0 Å². The van der Waals surface area contributed by atoms with E-state index in [0.29, 0.717) is 0 Å². The molecule has 1 aromatic carbocycles. The summed E-state index contributed by atoms with van der Waals surface area (Å²) < 4.78 is 0.921. The Morgan fingerprint density at radius 2 is 1.82 bits per heavy atom. The topological polar surface area (TPSA) is 16.1 Å². The Hall–Kier alpha value is -1.19.